The van der Waals surface area contributed by atoms with Crippen LogP contribution in [0.25, 0.3) is 22.5 Å². The second kappa shape index (κ2) is 12.7. The molecule has 0 radical (unpaired) electrons. The summed E-state index contributed by atoms with van der Waals surface area (Å²) < 4.78 is 44.2. The zero-order valence-electron chi connectivity index (χ0n) is 21.5. The van der Waals surface area contributed by atoms with Gasteiger partial charge < -0.3 is 0 Å². The van der Waals surface area contributed by atoms with Crippen LogP contribution in [0.5, 0.6) is 0 Å². The second-order valence-corrected chi connectivity index (χ2v) is 9.53. The lowest BCUT2D eigenvalue weighted by molar-refractivity contribution is 0.500. The van der Waals surface area contributed by atoms with Crippen LogP contribution < -0.4 is 0 Å². The Hall–Kier alpha value is -3.47. The fourth-order valence-electron chi connectivity index (χ4n) is 4.50. The summed E-state index contributed by atoms with van der Waals surface area (Å²) in [6, 6.07) is 16.4. The van der Waals surface area contributed by atoms with Gasteiger partial charge in [-0.05, 0) is 77.6 Å². The molecule has 1 aromatic heterocycles. The number of hydrogen-bond acceptors (Lipinski definition) is 2. The minimum Gasteiger partial charge on any atom is -0.236 e. The van der Waals surface area contributed by atoms with Gasteiger partial charge in [0.05, 0.1) is 5.56 Å². The molecule has 1 heterocycles. The Kier molecular flexibility index (Phi) is 9.10. The molecule has 37 heavy (non-hydrogen) atoms. The molecule has 4 rings (SSSR count). The fourth-order valence-corrected chi connectivity index (χ4v) is 4.50. The van der Waals surface area contributed by atoms with Crippen LogP contribution in [0.3, 0.4) is 0 Å². The first kappa shape index (κ1) is 26.6. The number of unbranched alkanes of at least 4 members (excludes halogenated alkanes) is 2. The highest BCUT2D eigenvalue weighted by Gasteiger charge is 2.16. The topological polar surface area (TPSA) is 25.8 Å². The molecule has 2 nitrogen and oxygen atoms in total. The number of aryl methyl sites for hydroxylation is 4. The van der Waals surface area contributed by atoms with Crippen LogP contribution in [-0.2, 0) is 25.7 Å². The molecule has 0 fully saturated rings. The summed E-state index contributed by atoms with van der Waals surface area (Å²) in [5.74, 6) is -1.76. The van der Waals surface area contributed by atoms with Crippen LogP contribution in [0.1, 0.15) is 61.8 Å². The van der Waals surface area contributed by atoms with Gasteiger partial charge in [0.15, 0.2) is 17.5 Å². The van der Waals surface area contributed by atoms with Crippen molar-refractivity contribution in [2.75, 3.05) is 0 Å². The summed E-state index contributed by atoms with van der Waals surface area (Å²) in [6.45, 7) is 4.20. The molecule has 0 bridgehead atoms. The Morgan fingerprint density at radius 1 is 0.595 bits per heavy atom. The molecule has 0 atom stereocenters. The molecule has 0 aliphatic carbocycles. The first-order valence-electron chi connectivity index (χ1n) is 13.2. The van der Waals surface area contributed by atoms with Gasteiger partial charge in [-0.15, -0.1) is 0 Å². The van der Waals surface area contributed by atoms with Gasteiger partial charge in [-0.2, -0.15) is 0 Å². The van der Waals surface area contributed by atoms with E-state index in [2.05, 4.69) is 23.8 Å². The second-order valence-electron chi connectivity index (χ2n) is 9.53. The molecule has 192 valence electrons. The SMILES string of the molecule is CCCCCc1ccc(-c2ccc(CCc3ccc(-c4ncc(CCC)cn4)c(F)c3F)cc2)cc1F. The standard InChI is InChI=1S/C32H33F3N2/c1-3-5-6-8-25-15-16-27(19-29(25)33)24-12-9-22(10-13-24)11-14-26-17-18-28(31(35)30(26)34)32-36-20-23(7-4-2)21-37-32/h9-10,12-13,15-21H,3-8,11,14H2,1-2H3. The first-order valence-corrected chi connectivity index (χ1v) is 13.2. The molecule has 0 amide bonds. The molecule has 0 saturated carbocycles. The maximum atomic E-state index is 14.8. The van der Waals surface area contributed by atoms with Gasteiger partial charge >= 0.3 is 0 Å². The smallest absolute Gasteiger partial charge is 0.170 e. The highest BCUT2D eigenvalue weighted by molar-refractivity contribution is 5.64. The number of halogens is 3. The quantitative estimate of drug-likeness (QED) is 0.192. The van der Waals surface area contributed by atoms with Crippen molar-refractivity contribution in [2.45, 2.75) is 65.2 Å². The predicted molar refractivity (Wildman–Crippen MR) is 144 cm³/mol. The minimum atomic E-state index is -0.920. The van der Waals surface area contributed by atoms with Crippen LogP contribution in [0.4, 0.5) is 13.2 Å². The van der Waals surface area contributed by atoms with Gasteiger partial charge in [-0.3, -0.25) is 0 Å². The predicted octanol–water partition coefficient (Wildman–Crippen LogP) is 8.70. The van der Waals surface area contributed by atoms with Crippen molar-refractivity contribution in [1.82, 2.24) is 9.97 Å². The van der Waals surface area contributed by atoms with E-state index in [-0.39, 0.29) is 17.2 Å². The number of hydrogen-bond donors (Lipinski definition) is 0. The molecule has 4 aromatic rings. The summed E-state index contributed by atoms with van der Waals surface area (Å²) in [6.07, 6.45) is 10.0. The van der Waals surface area contributed by atoms with Crippen LogP contribution in [0.15, 0.2) is 67.0 Å². The Morgan fingerprint density at radius 2 is 1.30 bits per heavy atom. The molecule has 0 aliphatic rings. The lowest BCUT2D eigenvalue weighted by atomic mass is 9.98. The van der Waals surface area contributed by atoms with E-state index in [4.69, 9.17) is 0 Å². The Morgan fingerprint density at radius 3 is 1.97 bits per heavy atom. The maximum Gasteiger partial charge on any atom is 0.170 e. The lowest BCUT2D eigenvalue weighted by Crippen LogP contribution is -2.01. The van der Waals surface area contributed by atoms with Crippen LogP contribution in [0, 0.1) is 17.5 Å². The third-order valence-electron chi connectivity index (χ3n) is 6.72. The molecule has 0 saturated heterocycles. The van der Waals surface area contributed by atoms with Crippen LogP contribution in [0.2, 0.25) is 0 Å². The lowest BCUT2D eigenvalue weighted by Gasteiger charge is -2.10. The Balaban J connectivity index is 1.40. The zero-order valence-corrected chi connectivity index (χ0v) is 21.5. The van der Waals surface area contributed by atoms with Gasteiger partial charge in [-0.25, -0.2) is 23.1 Å². The summed E-state index contributed by atoms with van der Waals surface area (Å²) in [5, 5.41) is 0. The number of nitrogens with zero attached hydrogens (tertiary/aromatic N) is 2. The third-order valence-corrected chi connectivity index (χ3v) is 6.72. The van der Waals surface area contributed by atoms with E-state index in [0.717, 1.165) is 66.3 Å². The zero-order chi connectivity index (χ0) is 26.2. The molecule has 3 aromatic carbocycles. The normalized spacial score (nSPS) is 11.2. The van der Waals surface area contributed by atoms with E-state index >= 15 is 0 Å². The van der Waals surface area contributed by atoms with Gasteiger partial charge in [0, 0.05) is 12.4 Å². The van der Waals surface area contributed by atoms with Crippen LogP contribution >= 0.6 is 0 Å². The van der Waals surface area contributed by atoms with E-state index in [1.807, 2.05) is 36.4 Å². The van der Waals surface area contributed by atoms with E-state index in [1.165, 1.54) is 0 Å². The van der Waals surface area contributed by atoms with E-state index in [1.54, 1.807) is 30.6 Å². The Labute approximate surface area is 217 Å². The van der Waals surface area contributed by atoms with Crippen LogP contribution in [-0.4, -0.2) is 9.97 Å². The van der Waals surface area contributed by atoms with Crippen molar-refractivity contribution in [1.29, 1.82) is 0 Å². The monoisotopic (exact) mass is 502 g/mol. The molecule has 0 aliphatic heterocycles. The van der Waals surface area contributed by atoms with Gasteiger partial charge in [0.25, 0.3) is 0 Å². The maximum absolute atomic E-state index is 14.8. The van der Waals surface area contributed by atoms with Crippen molar-refractivity contribution in [3.63, 3.8) is 0 Å². The molecular weight excluding hydrogens is 469 g/mol. The summed E-state index contributed by atoms with van der Waals surface area (Å²) >= 11 is 0. The van der Waals surface area contributed by atoms with Gasteiger partial charge in [-0.1, -0.05) is 75.6 Å². The van der Waals surface area contributed by atoms with Crippen molar-refractivity contribution >= 4 is 0 Å². The van der Waals surface area contributed by atoms with E-state index in [0.29, 0.717) is 18.4 Å². The number of aromatic nitrogens is 2. The third kappa shape index (κ3) is 6.65. The largest absolute Gasteiger partial charge is 0.236 e. The molecule has 0 N–H and O–H groups in total. The fraction of sp³-hybridized carbons (Fsp3) is 0.312. The summed E-state index contributed by atoms with van der Waals surface area (Å²) in [7, 11) is 0. The molecule has 5 heteroatoms. The average molecular weight is 503 g/mol. The van der Waals surface area contributed by atoms with Crippen molar-refractivity contribution in [3.8, 4) is 22.5 Å². The summed E-state index contributed by atoms with van der Waals surface area (Å²) in [5.41, 5.74) is 4.87. The highest BCUT2D eigenvalue weighted by Crippen LogP contribution is 2.26. The van der Waals surface area contributed by atoms with Crippen molar-refractivity contribution < 1.29 is 13.2 Å². The number of rotatable bonds is 11. The molecular formula is C32H33F3N2. The first-order chi connectivity index (χ1) is 18.0. The van der Waals surface area contributed by atoms with Crippen molar-refractivity contribution in [3.05, 3.63) is 107 Å². The van der Waals surface area contributed by atoms with E-state index < -0.39 is 11.6 Å². The summed E-state index contributed by atoms with van der Waals surface area (Å²) in [4.78, 5) is 8.42. The molecule has 0 spiro atoms. The Bertz CT molecular complexity index is 1320. The average Bonchev–Trinajstić information content (AvgIpc) is 2.92. The molecule has 0 unspecified atom stereocenters. The minimum absolute atomic E-state index is 0.0669. The van der Waals surface area contributed by atoms with Gasteiger partial charge in [0.2, 0.25) is 0 Å². The van der Waals surface area contributed by atoms with Crippen molar-refractivity contribution in [2.24, 2.45) is 0 Å². The van der Waals surface area contributed by atoms with E-state index in [9.17, 15) is 13.2 Å². The number of benzene rings is 3. The highest BCUT2D eigenvalue weighted by atomic mass is 19.2. The van der Waals surface area contributed by atoms with Gasteiger partial charge in [0.1, 0.15) is 5.82 Å².